The van der Waals surface area contributed by atoms with Crippen LogP contribution in [0.5, 0.6) is 0 Å². The molecule has 2 aromatic rings. The Morgan fingerprint density at radius 3 is 2.65 bits per heavy atom. The third kappa shape index (κ3) is 5.37. The van der Waals surface area contributed by atoms with Gasteiger partial charge in [-0.2, -0.15) is 0 Å². The quantitative estimate of drug-likeness (QED) is 0.669. The summed E-state index contributed by atoms with van der Waals surface area (Å²) in [6, 6.07) is 6.04. The van der Waals surface area contributed by atoms with Crippen molar-refractivity contribution in [2.45, 2.75) is 25.7 Å². The van der Waals surface area contributed by atoms with Crippen molar-refractivity contribution in [2.75, 3.05) is 43.9 Å². The highest BCUT2D eigenvalue weighted by molar-refractivity contribution is 5.55. The summed E-state index contributed by atoms with van der Waals surface area (Å²) >= 11 is 0. The second-order valence-corrected chi connectivity index (χ2v) is 6.76. The number of nitrogens with one attached hydrogen (secondary N) is 2. The summed E-state index contributed by atoms with van der Waals surface area (Å²) in [6.45, 7) is 3.29. The molecule has 0 aromatic carbocycles. The molecule has 1 aliphatic rings. The predicted molar refractivity (Wildman–Crippen MR) is 104 cm³/mol. The van der Waals surface area contributed by atoms with Crippen LogP contribution in [0.2, 0.25) is 0 Å². The van der Waals surface area contributed by atoms with Crippen molar-refractivity contribution in [3.05, 3.63) is 36.3 Å². The highest BCUT2D eigenvalue weighted by Gasteiger charge is 2.18. The normalized spacial score (nSPS) is 15.8. The van der Waals surface area contributed by atoms with E-state index in [0.29, 0.717) is 0 Å². The fraction of sp³-hybridized carbons (Fsp3) is 0.526. The summed E-state index contributed by atoms with van der Waals surface area (Å²) in [5.74, 6) is 3.08. The standard InChI is InChI=1S/C19H28N6O/c1-20-17-13-19(23-14-22-17)24-18-12-16(4-7-21-18)3-2-15-5-8-25(9-6-15)10-11-26/h4,7,12-15,26H,2-3,5-6,8-11H2,1H3,(H2,20,21,22,23,24). The first-order chi connectivity index (χ1) is 12.8. The van der Waals surface area contributed by atoms with Crippen molar-refractivity contribution in [1.29, 1.82) is 0 Å². The van der Waals surface area contributed by atoms with E-state index in [9.17, 15) is 0 Å². The van der Waals surface area contributed by atoms with Crippen LogP contribution in [0.15, 0.2) is 30.7 Å². The van der Waals surface area contributed by atoms with Gasteiger partial charge < -0.3 is 20.6 Å². The van der Waals surface area contributed by atoms with Crippen LogP contribution in [0.1, 0.15) is 24.8 Å². The van der Waals surface area contributed by atoms with Gasteiger partial charge in [0.2, 0.25) is 0 Å². The Kier molecular flexibility index (Phi) is 6.74. The molecule has 1 saturated heterocycles. The van der Waals surface area contributed by atoms with E-state index in [0.717, 1.165) is 49.4 Å². The van der Waals surface area contributed by atoms with Gasteiger partial charge >= 0.3 is 0 Å². The largest absolute Gasteiger partial charge is 0.395 e. The van der Waals surface area contributed by atoms with E-state index >= 15 is 0 Å². The maximum Gasteiger partial charge on any atom is 0.137 e. The SMILES string of the molecule is CNc1cc(Nc2cc(CCC3CCN(CCO)CC3)ccn2)ncn1. The highest BCUT2D eigenvalue weighted by atomic mass is 16.3. The Labute approximate surface area is 154 Å². The average Bonchev–Trinajstić information content (AvgIpc) is 2.68. The molecule has 0 aliphatic carbocycles. The molecule has 3 N–H and O–H groups in total. The zero-order valence-electron chi connectivity index (χ0n) is 15.4. The molecule has 2 aromatic heterocycles. The van der Waals surface area contributed by atoms with Gasteiger partial charge in [-0.3, -0.25) is 0 Å². The minimum Gasteiger partial charge on any atom is -0.395 e. The number of aryl methyl sites for hydroxylation is 1. The van der Waals surface area contributed by atoms with Gasteiger partial charge in [-0.15, -0.1) is 0 Å². The first-order valence-electron chi connectivity index (χ1n) is 9.32. The van der Waals surface area contributed by atoms with E-state index in [-0.39, 0.29) is 6.61 Å². The van der Waals surface area contributed by atoms with Crippen LogP contribution in [0.3, 0.4) is 0 Å². The minimum absolute atomic E-state index is 0.263. The van der Waals surface area contributed by atoms with Crippen molar-refractivity contribution in [1.82, 2.24) is 19.9 Å². The van der Waals surface area contributed by atoms with Crippen molar-refractivity contribution < 1.29 is 5.11 Å². The van der Waals surface area contributed by atoms with Gasteiger partial charge in [0.25, 0.3) is 0 Å². The number of piperidine rings is 1. The minimum atomic E-state index is 0.263. The van der Waals surface area contributed by atoms with E-state index in [1.807, 2.05) is 19.3 Å². The fourth-order valence-electron chi connectivity index (χ4n) is 3.40. The van der Waals surface area contributed by atoms with Gasteiger partial charge in [0.1, 0.15) is 23.8 Å². The highest BCUT2D eigenvalue weighted by Crippen LogP contribution is 2.23. The Bertz CT molecular complexity index is 687. The molecule has 26 heavy (non-hydrogen) atoms. The van der Waals surface area contributed by atoms with Crippen LogP contribution < -0.4 is 10.6 Å². The lowest BCUT2D eigenvalue weighted by molar-refractivity contribution is 0.144. The lowest BCUT2D eigenvalue weighted by atomic mass is 9.91. The molecule has 3 rings (SSSR count). The fourth-order valence-corrected chi connectivity index (χ4v) is 3.40. The van der Waals surface area contributed by atoms with E-state index < -0.39 is 0 Å². The summed E-state index contributed by atoms with van der Waals surface area (Å²) in [6.07, 6.45) is 8.10. The van der Waals surface area contributed by atoms with Crippen molar-refractivity contribution in [2.24, 2.45) is 5.92 Å². The zero-order chi connectivity index (χ0) is 18.2. The Morgan fingerprint density at radius 1 is 1.12 bits per heavy atom. The van der Waals surface area contributed by atoms with Gasteiger partial charge in [-0.1, -0.05) is 0 Å². The van der Waals surface area contributed by atoms with Crippen LogP contribution in [-0.4, -0.2) is 58.2 Å². The summed E-state index contributed by atoms with van der Waals surface area (Å²) in [7, 11) is 1.83. The first kappa shape index (κ1) is 18.5. The molecule has 0 amide bonds. The number of aliphatic hydroxyl groups is 1. The first-order valence-corrected chi connectivity index (χ1v) is 9.32. The second kappa shape index (κ2) is 9.45. The molecular weight excluding hydrogens is 328 g/mol. The number of hydrogen-bond donors (Lipinski definition) is 3. The summed E-state index contributed by atoms with van der Waals surface area (Å²) in [5.41, 5.74) is 1.29. The summed E-state index contributed by atoms with van der Waals surface area (Å²) in [4.78, 5) is 15.1. The van der Waals surface area contributed by atoms with E-state index in [1.54, 1.807) is 0 Å². The molecule has 0 saturated carbocycles. The maximum absolute atomic E-state index is 9.03. The predicted octanol–water partition coefficient (Wildman–Crippen LogP) is 2.29. The monoisotopic (exact) mass is 356 g/mol. The number of aliphatic hydroxyl groups excluding tert-OH is 1. The third-order valence-corrected chi connectivity index (χ3v) is 4.97. The molecule has 0 spiro atoms. The zero-order valence-corrected chi connectivity index (χ0v) is 15.4. The van der Waals surface area contributed by atoms with Crippen molar-refractivity contribution in [3.8, 4) is 0 Å². The van der Waals surface area contributed by atoms with Crippen LogP contribution in [0, 0.1) is 5.92 Å². The molecule has 140 valence electrons. The molecule has 0 atom stereocenters. The lowest BCUT2D eigenvalue weighted by Crippen LogP contribution is -2.35. The van der Waals surface area contributed by atoms with Crippen LogP contribution in [0.25, 0.3) is 0 Å². The summed E-state index contributed by atoms with van der Waals surface area (Å²) in [5, 5.41) is 15.3. The average molecular weight is 356 g/mol. The molecule has 1 fully saturated rings. The van der Waals surface area contributed by atoms with Crippen LogP contribution in [-0.2, 0) is 6.42 Å². The van der Waals surface area contributed by atoms with E-state index in [2.05, 4.69) is 42.6 Å². The Morgan fingerprint density at radius 2 is 1.88 bits per heavy atom. The van der Waals surface area contributed by atoms with Crippen LogP contribution >= 0.6 is 0 Å². The number of rotatable bonds is 8. The molecule has 0 radical (unpaired) electrons. The molecule has 0 unspecified atom stereocenters. The molecule has 0 bridgehead atoms. The number of likely N-dealkylation sites (tertiary alicyclic amines) is 1. The van der Waals surface area contributed by atoms with Crippen molar-refractivity contribution in [3.63, 3.8) is 0 Å². The smallest absolute Gasteiger partial charge is 0.137 e. The Balaban J connectivity index is 1.51. The molecule has 3 heterocycles. The van der Waals surface area contributed by atoms with Gasteiger partial charge in [0.15, 0.2) is 0 Å². The molecule has 7 nitrogen and oxygen atoms in total. The molecular formula is C19H28N6O. The van der Waals surface area contributed by atoms with Crippen LogP contribution in [0.4, 0.5) is 17.5 Å². The maximum atomic E-state index is 9.03. The lowest BCUT2D eigenvalue weighted by Gasteiger charge is -2.31. The van der Waals surface area contributed by atoms with Gasteiger partial charge in [-0.05, 0) is 62.4 Å². The second-order valence-electron chi connectivity index (χ2n) is 6.76. The van der Waals surface area contributed by atoms with Gasteiger partial charge in [0.05, 0.1) is 6.61 Å². The number of hydrogen-bond acceptors (Lipinski definition) is 7. The summed E-state index contributed by atoms with van der Waals surface area (Å²) < 4.78 is 0. The van der Waals surface area contributed by atoms with Gasteiger partial charge in [-0.25, -0.2) is 15.0 Å². The third-order valence-electron chi connectivity index (χ3n) is 4.97. The molecule has 7 heteroatoms. The number of β-amino-alcohol motifs (C(OH)–C–C–N with tert-alkyl or cyclic N) is 1. The Hall–Kier alpha value is -2.25. The molecule has 1 aliphatic heterocycles. The topological polar surface area (TPSA) is 86.2 Å². The number of pyridine rings is 1. The number of aromatic nitrogens is 3. The number of nitrogens with zero attached hydrogens (tertiary/aromatic N) is 4. The van der Waals surface area contributed by atoms with E-state index in [1.165, 1.54) is 31.2 Å². The van der Waals surface area contributed by atoms with Crippen molar-refractivity contribution >= 4 is 17.5 Å². The van der Waals surface area contributed by atoms with E-state index in [4.69, 9.17) is 5.11 Å². The number of anilines is 3. The van der Waals surface area contributed by atoms with Gasteiger partial charge in [0, 0.05) is 25.9 Å².